The quantitative estimate of drug-likeness (QED) is 0.594. The van der Waals surface area contributed by atoms with Crippen molar-refractivity contribution in [1.82, 2.24) is 0 Å². The van der Waals surface area contributed by atoms with Gasteiger partial charge in [0.25, 0.3) is 10.1 Å². The molecule has 0 N–H and O–H groups in total. The van der Waals surface area contributed by atoms with Crippen LogP contribution in [0.2, 0.25) is 0 Å². The molecule has 0 aliphatic heterocycles. The average Bonchev–Trinajstić information content (AvgIpc) is 2.44. The van der Waals surface area contributed by atoms with E-state index in [1.165, 1.54) is 43.2 Å². The third-order valence-electron chi connectivity index (χ3n) is 3.93. The summed E-state index contributed by atoms with van der Waals surface area (Å²) in [4.78, 5) is 0. The maximum atomic E-state index is 10.9. The lowest BCUT2D eigenvalue weighted by Gasteiger charge is -2.22. The van der Waals surface area contributed by atoms with Crippen LogP contribution in [0.25, 0.3) is 0 Å². The number of benzene rings is 1. The molecular formula is C16H24O3S. The summed E-state index contributed by atoms with van der Waals surface area (Å²) in [5.74, 6) is 0.718. The monoisotopic (exact) mass is 296 g/mol. The first-order chi connectivity index (χ1) is 9.54. The molecule has 1 saturated carbocycles. The first-order valence-corrected chi connectivity index (χ1v) is 9.29. The van der Waals surface area contributed by atoms with Crippen molar-refractivity contribution < 1.29 is 12.6 Å². The van der Waals surface area contributed by atoms with Gasteiger partial charge in [0.15, 0.2) is 0 Å². The van der Waals surface area contributed by atoms with E-state index in [1.807, 2.05) is 0 Å². The highest BCUT2D eigenvalue weighted by atomic mass is 32.2. The van der Waals surface area contributed by atoms with Crippen LogP contribution in [0.4, 0.5) is 0 Å². The summed E-state index contributed by atoms with van der Waals surface area (Å²) >= 11 is 0. The summed E-state index contributed by atoms with van der Waals surface area (Å²) < 4.78 is 26.5. The molecule has 0 amide bonds. The highest BCUT2D eigenvalue weighted by Gasteiger charge is 2.15. The molecule has 1 aliphatic carbocycles. The average molecular weight is 296 g/mol. The number of hydrogen-bond acceptors (Lipinski definition) is 3. The Bertz CT molecular complexity index is 516. The van der Waals surface area contributed by atoms with Crippen molar-refractivity contribution in [2.75, 3.05) is 12.9 Å². The van der Waals surface area contributed by atoms with Crippen molar-refractivity contribution in [3.8, 4) is 0 Å². The second-order valence-corrected chi connectivity index (χ2v) is 7.35. The van der Waals surface area contributed by atoms with Crippen LogP contribution in [0, 0.1) is 0 Å². The molecule has 2 rings (SSSR count). The number of aryl methyl sites for hydroxylation is 1. The standard InChI is InChI=1S/C16H24O3S/c1-20(17,18)19-12-6-8-14-7-5-11-16(13-14)15-9-3-2-4-10-15/h5,7,11,13,15H,2-4,6,8-10,12H2,1H3. The molecule has 0 aromatic heterocycles. The van der Waals surface area contributed by atoms with E-state index in [2.05, 4.69) is 24.3 Å². The molecule has 1 aliphatic rings. The Morgan fingerprint density at radius 3 is 2.65 bits per heavy atom. The molecule has 0 heterocycles. The van der Waals surface area contributed by atoms with Gasteiger partial charge in [-0.2, -0.15) is 8.42 Å². The molecule has 20 heavy (non-hydrogen) atoms. The molecule has 1 aromatic rings. The summed E-state index contributed by atoms with van der Waals surface area (Å²) in [5, 5.41) is 0. The van der Waals surface area contributed by atoms with E-state index in [9.17, 15) is 8.42 Å². The van der Waals surface area contributed by atoms with Gasteiger partial charge in [0.05, 0.1) is 12.9 Å². The first kappa shape index (κ1) is 15.5. The minimum atomic E-state index is -3.30. The molecule has 0 unspecified atom stereocenters. The van der Waals surface area contributed by atoms with Crippen LogP contribution >= 0.6 is 0 Å². The lowest BCUT2D eigenvalue weighted by molar-refractivity contribution is 0.316. The van der Waals surface area contributed by atoms with Gasteiger partial charge < -0.3 is 0 Å². The second kappa shape index (κ2) is 7.23. The van der Waals surface area contributed by atoms with Gasteiger partial charge in [0.1, 0.15) is 0 Å². The second-order valence-electron chi connectivity index (χ2n) is 5.71. The SMILES string of the molecule is CS(=O)(=O)OCCCc1cccc(C2CCCCC2)c1. The van der Waals surface area contributed by atoms with Gasteiger partial charge in [-0.25, -0.2) is 0 Å². The van der Waals surface area contributed by atoms with E-state index >= 15 is 0 Å². The van der Waals surface area contributed by atoms with Crippen LogP contribution < -0.4 is 0 Å². The maximum absolute atomic E-state index is 10.9. The zero-order valence-electron chi connectivity index (χ0n) is 12.2. The van der Waals surface area contributed by atoms with Crippen molar-refractivity contribution in [2.24, 2.45) is 0 Å². The Labute approximate surface area is 122 Å². The number of hydrogen-bond donors (Lipinski definition) is 0. The third-order valence-corrected chi connectivity index (χ3v) is 4.53. The van der Waals surface area contributed by atoms with Gasteiger partial charge in [-0.3, -0.25) is 4.18 Å². The predicted octanol–water partition coefficient (Wildman–Crippen LogP) is 3.64. The smallest absolute Gasteiger partial charge is 0.264 e. The fraction of sp³-hybridized carbons (Fsp3) is 0.625. The van der Waals surface area contributed by atoms with Crippen LogP contribution in [0.1, 0.15) is 55.6 Å². The maximum Gasteiger partial charge on any atom is 0.264 e. The van der Waals surface area contributed by atoms with Gasteiger partial charge in [-0.05, 0) is 42.7 Å². The molecule has 0 radical (unpaired) electrons. The Hall–Kier alpha value is -0.870. The van der Waals surface area contributed by atoms with Gasteiger partial charge in [-0.15, -0.1) is 0 Å². The van der Waals surface area contributed by atoms with Crippen LogP contribution in [-0.4, -0.2) is 21.3 Å². The van der Waals surface area contributed by atoms with E-state index in [0.717, 1.165) is 25.0 Å². The van der Waals surface area contributed by atoms with Crippen molar-refractivity contribution in [1.29, 1.82) is 0 Å². The molecule has 112 valence electrons. The Balaban J connectivity index is 1.86. The molecule has 0 saturated heterocycles. The van der Waals surface area contributed by atoms with Crippen molar-refractivity contribution >= 4 is 10.1 Å². The molecule has 1 fully saturated rings. The van der Waals surface area contributed by atoms with Crippen molar-refractivity contribution in [2.45, 2.75) is 50.9 Å². The van der Waals surface area contributed by atoms with Crippen molar-refractivity contribution in [3.63, 3.8) is 0 Å². The van der Waals surface area contributed by atoms with Crippen LogP contribution in [0.15, 0.2) is 24.3 Å². The van der Waals surface area contributed by atoms with E-state index in [-0.39, 0.29) is 6.61 Å². The lowest BCUT2D eigenvalue weighted by Crippen LogP contribution is -2.06. The fourth-order valence-corrected chi connectivity index (χ4v) is 3.35. The van der Waals surface area contributed by atoms with Gasteiger partial charge in [0, 0.05) is 0 Å². The van der Waals surface area contributed by atoms with Crippen molar-refractivity contribution in [3.05, 3.63) is 35.4 Å². The zero-order valence-corrected chi connectivity index (χ0v) is 13.0. The predicted molar refractivity (Wildman–Crippen MR) is 81.4 cm³/mol. The van der Waals surface area contributed by atoms with Crippen LogP contribution in [0.3, 0.4) is 0 Å². The van der Waals surface area contributed by atoms with Gasteiger partial charge >= 0.3 is 0 Å². The molecule has 0 spiro atoms. The molecule has 3 nitrogen and oxygen atoms in total. The highest BCUT2D eigenvalue weighted by molar-refractivity contribution is 7.85. The summed E-state index contributed by atoms with van der Waals surface area (Å²) in [6.45, 7) is 0.270. The minimum Gasteiger partial charge on any atom is -0.270 e. The fourth-order valence-electron chi connectivity index (χ4n) is 2.93. The van der Waals surface area contributed by atoms with E-state index < -0.39 is 10.1 Å². The van der Waals surface area contributed by atoms with E-state index in [4.69, 9.17) is 4.18 Å². The van der Waals surface area contributed by atoms with Crippen LogP contribution in [-0.2, 0) is 20.7 Å². The normalized spacial score (nSPS) is 17.2. The minimum absolute atomic E-state index is 0.270. The van der Waals surface area contributed by atoms with Gasteiger partial charge in [0.2, 0.25) is 0 Å². The molecule has 4 heteroatoms. The van der Waals surface area contributed by atoms with E-state index in [0.29, 0.717) is 0 Å². The molecule has 0 atom stereocenters. The summed E-state index contributed by atoms with van der Waals surface area (Å²) in [7, 11) is -3.30. The topological polar surface area (TPSA) is 43.4 Å². The zero-order chi connectivity index (χ0) is 14.4. The Morgan fingerprint density at radius 2 is 1.95 bits per heavy atom. The summed E-state index contributed by atoms with van der Waals surface area (Å²) in [6, 6.07) is 8.76. The highest BCUT2D eigenvalue weighted by Crippen LogP contribution is 2.32. The summed E-state index contributed by atoms with van der Waals surface area (Å²) in [6.07, 6.45) is 9.38. The Kier molecular flexibility index (Phi) is 5.61. The van der Waals surface area contributed by atoms with E-state index in [1.54, 1.807) is 0 Å². The largest absolute Gasteiger partial charge is 0.270 e. The Morgan fingerprint density at radius 1 is 1.20 bits per heavy atom. The summed E-state index contributed by atoms with van der Waals surface area (Å²) in [5.41, 5.74) is 2.73. The lowest BCUT2D eigenvalue weighted by atomic mass is 9.83. The van der Waals surface area contributed by atoms with Gasteiger partial charge in [-0.1, -0.05) is 43.5 Å². The third kappa shape index (κ3) is 5.25. The number of rotatable bonds is 6. The molecule has 0 bridgehead atoms. The molecule has 1 aromatic carbocycles. The molecular weight excluding hydrogens is 272 g/mol. The first-order valence-electron chi connectivity index (χ1n) is 7.48. The van der Waals surface area contributed by atoms with Crippen LogP contribution in [0.5, 0.6) is 0 Å².